The molecular weight excluding hydrogens is 366 g/mol. The van der Waals surface area contributed by atoms with Crippen LogP contribution in [0.15, 0.2) is 18.2 Å². The zero-order chi connectivity index (χ0) is 19.5. The van der Waals surface area contributed by atoms with Gasteiger partial charge in [-0.05, 0) is 44.9 Å². The Hall–Kier alpha value is -1.73. The Kier molecular flexibility index (Phi) is 6.11. The Labute approximate surface area is 164 Å². The average Bonchev–Trinajstić information content (AvgIpc) is 2.68. The fourth-order valence-electron chi connectivity index (χ4n) is 4.68. The van der Waals surface area contributed by atoms with Crippen molar-refractivity contribution in [3.05, 3.63) is 29.8 Å². The highest BCUT2D eigenvalue weighted by Crippen LogP contribution is 2.30. The summed E-state index contributed by atoms with van der Waals surface area (Å²) in [7, 11) is 0. The summed E-state index contributed by atoms with van der Waals surface area (Å²) < 4.78 is 38.1. The van der Waals surface area contributed by atoms with E-state index in [1.165, 1.54) is 12.1 Å². The van der Waals surface area contributed by atoms with Crippen LogP contribution in [0.3, 0.4) is 0 Å². The van der Waals surface area contributed by atoms with Gasteiger partial charge in [0.1, 0.15) is 17.4 Å². The van der Waals surface area contributed by atoms with Crippen LogP contribution in [0, 0.1) is 17.6 Å². The van der Waals surface area contributed by atoms with E-state index in [1.807, 2.05) is 0 Å². The molecule has 1 saturated heterocycles. The van der Waals surface area contributed by atoms with Crippen LogP contribution in [-0.4, -0.2) is 43.4 Å². The molecule has 1 aromatic rings. The molecule has 0 bridgehead atoms. The Morgan fingerprint density at radius 3 is 2.57 bits per heavy atom. The van der Waals surface area contributed by atoms with Crippen LogP contribution in [0.1, 0.15) is 44.9 Å². The zero-order valence-corrected chi connectivity index (χ0v) is 16.0. The number of benzene rings is 1. The molecule has 1 heterocycles. The number of halogens is 2. The number of fused-ring (bicyclic) bond motifs is 1. The largest absolute Gasteiger partial charge is 0.490 e. The van der Waals surface area contributed by atoms with Gasteiger partial charge in [-0.15, -0.1) is 0 Å². The van der Waals surface area contributed by atoms with Gasteiger partial charge >= 0.3 is 0 Å². The third kappa shape index (κ3) is 4.81. The third-order valence-electron chi connectivity index (χ3n) is 6.16. The highest BCUT2D eigenvalue weighted by atomic mass is 19.1. The number of ether oxygens (including phenoxy) is 2. The van der Waals surface area contributed by atoms with Crippen LogP contribution in [0.2, 0.25) is 0 Å². The molecule has 1 amide bonds. The first-order valence-electron chi connectivity index (χ1n) is 10.3. The van der Waals surface area contributed by atoms with Gasteiger partial charge < -0.3 is 20.1 Å². The van der Waals surface area contributed by atoms with E-state index in [-0.39, 0.29) is 41.9 Å². The normalized spacial score (nSPS) is 33.0. The van der Waals surface area contributed by atoms with Gasteiger partial charge in [0.15, 0.2) is 0 Å². The molecule has 0 radical (unpaired) electrons. The lowest BCUT2D eigenvalue weighted by Crippen LogP contribution is -2.53. The number of nitrogens with one attached hydrogen (secondary N) is 2. The summed E-state index contributed by atoms with van der Waals surface area (Å²) in [6.45, 7) is 1.61. The van der Waals surface area contributed by atoms with Gasteiger partial charge in [-0.2, -0.15) is 0 Å². The topological polar surface area (TPSA) is 59.6 Å². The summed E-state index contributed by atoms with van der Waals surface area (Å²) in [5.74, 6) is -0.863. The Bertz CT molecular complexity index is 674. The van der Waals surface area contributed by atoms with E-state index in [1.54, 1.807) is 0 Å². The summed E-state index contributed by atoms with van der Waals surface area (Å²) in [5, 5.41) is 6.68. The van der Waals surface area contributed by atoms with Crippen molar-refractivity contribution in [3.8, 4) is 5.75 Å². The van der Waals surface area contributed by atoms with Gasteiger partial charge in [0.25, 0.3) is 0 Å². The SMILES string of the molecule is O=C(NC1CCC(Oc2cc(F)cc(F)c2)CC1)[C@H]1CC[C@H]2OCCN[C@@H]2C1. The minimum Gasteiger partial charge on any atom is -0.490 e. The number of hydrogen-bond donors (Lipinski definition) is 2. The molecule has 1 aromatic carbocycles. The first-order valence-corrected chi connectivity index (χ1v) is 10.3. The van der Waals surface area contributed by atoms with E-state index < -0.39 is 11.6 Å². The summed E-state index contributed by atoms with van der Waals surface area (Å²) in [4.78, 5) is 12.7. The molecule has 5 nitrogen and oxygen atoms in total. The lowest BCUT2D eigenvalue weighted by atomic mass is 9.82. The summed E-state index contributed by atoms with van der Waals surface area (Å²) in [5.41, 5.74) is 0. The average molecular weight is 394 g/mol. The van der Waals surface area contributed by atoms with Gasteiger partial charge in [-0.3, -0.25) is 4.79 Å². The maximum atomic E-state index is 13.3. The number of carbonyl (C=O) groups excluding carboxylic acids is 1. The van der Waals surface area contributed by atoms with Crippen LogP contribution >= 0.6 is 0 Å². The third-order valence-corrected chi connectivity index (χ3v) is 6.16. The summed E-state index contributed by atoms with van der Waals surface area (Å²) in [6.07, 6.45) is 5.95. The highest BCUT2D eigenvalue weighted by Gasteiger charge is 2.36. The van der Waals surface area contributed by atoms with Crippen LogP contribution in [0.25, 0.3) is 0 Å². The molecule has 4 rings (SSSR count). The molecule has 2 aliphatic carbocycles. The Balaban J connectivity index is 1.22. The van der Waals surface area contributed by atoms with E-state index in [0.717, 1.165) is 64.2 Å². The molecule has 0 spiro atoms. The van der Waals surface area contributed by atoms with Crippen molar-refractivity contribution >= 4 is 5.91 Å². The zero-order valence-electron chi connectivity index (χ0n) is 16.0. The predicted octanol–water partition coefficient (Wildman–Crippen LogP) is 2.93. The van der Waals surface area contributed by atoms with Gasteiger partial charge in [-0.1, -0.05) is 0 Å². The molecule has 0 aromatic heterocycles. The minimum atomic E-state index is -0.636. The Morgan fingerprint density at radius 2 is 1.82 bits per heavy atom. The molecule has 2 N–H and O–H groups in total. The van der Waals surface area contributed by atoms with Crippen molar-refractivity contribution in [3.63, 3.8) is 0 Å². The van der Waals surface area contributed by atoms with Crippen LogP contribution < -0.4 is 15.4 Å². The minimum absolute atomic E-state index is 0.0414. The van der Waals surface area contributed by atoms with Crippen molar-refractivity contribution in [2.24, 2.45) is 5.92 Å². The smallest absolute Gasteiger partial charge is 0.223 e. The number of rotatable bonds is 4. The number of hydrogen-bond acceptors (Lipinski definition) is 4. The molecular formula is C21H28F2N2O3. The maximum Gasteiger partial charge on any atom is 0.223 e. The van der Waals surface area contributed by atoms with E-state index in [4.69, 9.17) is 9.47 Å². The standard InChI is InChI=1S/C21H28F2N2O3/c22-14-10-15(23)12-18(11-14)28-17-4-2-16(3-5-17)25-21(26)13-1-6-20-19(9-13)24-7-8-27-20/h10-13,16-17,19-20,24H,1-9H2,(H,25,26)/t13-,16?,17?,19+,20+/m0/s1. The molecule has 1 aliphatic heterocycles. The van der Waals surface area contributed by atoms with Crippen molar-refractivity contribution in [2.75, 3.05) is 13.2 Å². The van der Waals surface area contributed by atoms with E-state index >= 15 is 0 Å². The van der Waals surface area contributed by atoms with E-state index in [9.17, 15) is 13.6 Å². The molecule has 3 aliphatic rings. The van der Waals surface area contributed by atoms with Crippen molar-refractivity contribution in [1.29, 1.82) is 0 Å². The molecule has 0 unspecified atom stereocenters. The lowest BCUT2D eigenvalue weighted by molar-refractivity contribution is -0.129. The van der Waals surface area contributed by atoms with Gasteiger partial charge in [0.05, 0.1) is 18.8 Å². The van der Waals surface area contributed by atoms with E-state index in [2.05, 4.69) is 10.6 Å². The highest BCUT2D eigenvalue weighted by molar-refractivity contribution is 5.79. The molecule has 3 atom stereocenters. The fourth-order valence-corrected chi connectivity index (χ4v) is 4.68. The quantitative estimate of drug-likeness (QED) is 0.825. The van der Waals surface area contributed by atoms with Gasteiger partial charge in [0.2, 0.25) is 5.91 Å². The predicted molar refractivity (Wildman–Crippen MR) is 100 cm³/mol. The summed E-state index contributed by atoms with van der Waals surface area (Å²) >= 11 is 0. The molecule has 3 fully saturated rings. The fraction of sp³-hybridized carbons (Fsp3) is 0.667. The number of amides is 1. The first-order chi connectivity index (χ1) is 13.6. The Morgan fingerprint density at radius 1 is 1.07 bits per heavy atom. The van der Waals surface area contributed by atoms with Crippen LogP contribution in [0.4, 0.5) is 8.78 Å². The first kappa shape index (κ1) is 19.6. The summed E-state index contributed by atoms with van der Waals surface area (Å²) in [6, 6.07) is 3.67. The molecule has 28 heavy (non-hydrogen) atoms. The van der Waals surface area contributed by atoms with Crippen molar-refractivity contribution < 1.29 is 23.0 Å². The second kappa shape index (κ2) is 8.74. The molecule has 154 valence electrons. The lowest BCUT2D eigenvalue weighted by Gasteiger charge is -2.39. The van der Waals surface area contributed by atoms with Crippen LogP contribution in [0.5, 0.6) is 5.75 Å². The van der Waals surface area contributed by atoms with Gasteiger partial charge in [-0.25, -0.2) is 8.78 Å². The second-order valence-electron chi connectivity index (χ2n) is 8.19. The second-order valence-corrected chi connectivity index (χ2v) is 8.19. The monoisotopic (exact) mass is 394 g/mol. The molecule has 2 saturated carbocycles. The van der Waals surface area contributed by atoms with E-state index in [0.29, 0.717) is 0 Å². The van der Waals surface area contributed by atoms with Crippen molar-refractivity contribution in [2.45, 2.75) is 69.2 Å². The maximum absolute atomic E-state index is 13.3. The van der Waals surface area contributed by atoms with Gasteiger partial charge in [0, 0.05) is 42.7 Å². The number of morpholine rings is 1. The van der Waals surface area contributed by atoms with Crippen molar-refractivity contribution in [1.82, 2.24) is 10.6 Å². The molecule has 7 heteroatoms. The van der Waals surface area contributed by atoms with Crippen LogP contribution in [-0.2, 0) is 9.53 Å². The number of carbonyl (C=O) groups is 1.